The Kier molecular flexibility index (Phi) is 9.10. The Morgan fingerprint density at radius 2 is 1.87 bits per heavy atom. The highest BCUT2D eigenvalue weighted by Crippen LogP contribution is 2.41. The van der Waals surface area contributed by atoms with Crippen LogP contribution in [0.1, 0.15) is 31.7 Å². The molecule has 1 unspecified atom stereocenters. The molecule has 12 heteroatoms. The number of hydrazone groups is 1. The fourth-order valence-electron chi connectivity index (χ4n) is 5.88. The number of hydrogen-bond donors (Lipinski definition) is 1. The molecule has 4 aliphatic rings. The van der Waals surface area contributed by atoms with E-state index in [2.05, 4.69) is 10.4 Å². The van der Waals surface area contributed by atoms with Crippen LogP contribution in [0.15, 0.2) is 94.3 Å². The van der Waals surface area contributed by atoms with E-state index in [-0.39, 0.29) is 42.3 Å². The number of nitrogens with zero attached hydrogens (tertiary/aromatic N) is 3. The van der Waals surface area contributed by atoms with Gasteiger partial charge in [-0.25, -0.2) is 8.78 Å². The first kappa shape index (κ1) is 31.6. The van der Waals surface area contributed by atoms with Gasteiger partial charge in [0.15, 0.2) is 28.8 Å². The van der Waals surface area contributed by atoms with Crippen LogP contribution >= 0.6 is 0 Å². The van der Waals surface area contributed by atoms with Gasteiger partial charge in [0.1, 0.15) is 23.2 Å². The molecule has 0 saturated heterocycles. The van der Waals surface area contributed by atoms with Crippen LogP contribution in [0.25, 0.3) is 5.57 Å². The van der Waals surface area contributed by atoms with Crippen LogP contribution in [0.4, 0.5) is 14.5 Å². The van der Waals surface area contributed by atoms with Gasteiger partial charge in [-0.15, -0.1) is 0 Å². The molecular formula is C35H34F2N4O6. The van der Waals surface area contributed by atoms with Crippen molar-refractivity contribution >= 4 is 29.3 Å². The molecule has 1 atom stereocenters. The van der Waals surface area contributed by atoms with E-state index in [4.69, 9.17) is 18.9 Å². The highest BCUT2D eigenvalue weighted by Gasteiger charge is 2.35. The van der Waals surface area contributed by atoms with Crippen LogP contribution in [0.5, 0.6) is 17.2 Å². The molecule has 0 saturated carbocycles. The van der Waals surface area contributed by atoms with Crippen molar-refractivity contribution in [2.24, 2.45) is 5.10 Å². The summed E-state index contributed by atoms with van der Waals surface area (Å²) in [6.07, 6.45) is 7.80. The Morgan fingerprint density at radius 1 is 1.06 bits per heavy atom. The highest BCUT2D eigenvalue weighted by molar-refractivity contribution is 6.23. The average molecular weight is 645 g/mol. The Bertz CT molecular complexity index is 1790. The fraction of sp³-hybridized carbons (Fsp3) is 0.286. The zero-order valence-electron chi connectivity index (χ0n) is 26.2. The summed E-state index contributed by atoms with van der Waals surface area (Å²) in [6, 6.07) is 9.65. The highest BCUT2D eigenvalue weighted by atomic mass is 19.1. The van der Waals surface area contributed by atoms with Crippen molar-refractivity contribution in [1.29, 1.82) is 0 Å². The van der Waals surface area contributed by atoms with Crippen molar-refractivity contribution in [3.05, 3.63) is 101 Å². The molecule has 2 aromatic carbocycles. The number of ether oxygens (including phenoxy) is 4. The third-order valence-electron chi connectivity index (χ3n) is 8.11. The molecule has 0 bridgehead atoms. The second kappa shape index (κ2) is 13.5. The maximum atomic E-state index is 15.5. The second-order valence-corrected chi connectivity index (χ2v) is 10.9. The van der Waals surface area contributed by atoms with Gasteiger partial charge >= 0.3 is 0 Å². The first-order valence-corrected chi connectivity index (χ1v) is 15.3. The summed E-state index contributed by atoms with van der Waals surface area (Å²) in [5, 5.41) is 8.87. The Labute approximate surface area is 270 Å². The van der Waals surface area contributed by atoms with Crippen LogP contribution < -0.4 is 19.5 Å². The summed E-state index contributed by atoms with van der Waals surface area (Å²) < 4.78 is 51.7. The van der Waals surface area contributed by atoms with Crippen LogP contribution in [-0.2, 0) is 14.3 Å². The lowest BCUT2D eigenvalue weighted by Gasteiger charge is -2.31. The number of anilines is 1. The fourth-order valence-corrected chi connectivity index (χ4v) is 5.88. The summed E-state index contributed by atoms with van der Waals surface area (Å²) in [5.41, 5.74) is 3.01. The smallest absolute Gasteiger partial charge is 0.267 e. The lowest BCUT2D eigenvalue weighted by Crippen LogP contribution is -2.41. The van der Waals surface area contributed by atoms with E-state index in [0.717, 1.165) is 17.2 Å². The number of halogens is 2. The van der Waals surface area contributed by atoms with Crippen LogP contribution in [-0.4, -0.2) is 68.0 Å². The van der Waals surface area contributed by atoms with Crippen molar-refractivity contribution in [3.63, 3.8) is 0 Å². The van der Waals surface area contributed by atoms with Crippen molar-refractivity contribution in [2.45, 2.75) is 32.4 Å². The lowest BCUT2D eigenvalue weighted by molar-refractivity contribution is -0.129. The standard InChI is InChI=1S/C35H34F2N4O6/c1-4-46-29-15-17-40(24-9-6-22(36)7-10-24)35(43)32(29)34(42)39-23-8-12-27(26(37)20-23)47-30-13-16-38-41-18-14-25(33(30)41)21-5-11-28(44-2)31(19-21)45-3/h5-6,8-13,16,19-20,22H,4,7,14-15,17-18H2,1-3H3,(H,39,42). The minimum Gasteiger partial charge on any atom is -0.497 e. The zero-order valence-corrected chi connectivity index (χ0v) is 26.2. The Balaban J connectivity index is 1.22. The molecule has 2 amide bonds. The number of carbonyl (C=O) groups excluding carboxylic acids is 2. The van der Waals surface area contributed by atoms with Crippen molar-refractivity contribution < 1.29 is 37.3 Å². The molecule has 244 valence electrons. The van der Waals surface area contributed by atoms with Gasteiger partial charge in [0.05, 0.1) is 27.0 Å². The van der Waals surface area contributed by atoms with E-state index in [1.807, 2.05) is 18.2 Å². The minimum atomic E-state index is -1.12. The van der Waals surface area contributed by atoms with Crippen LogP contribution in [0.2, 0.25) is 0 Å². The third kappa shape index (κ3) is 6.35. The molecule has 10 nitrogen and oxygen atoms in total. The van der Waals surface area contributed by atoms with E-state index in [1.54, 1.807) is 44.5 Å². The molecule has 0 radical (unpaired) electrons. The number of methoxy groups -OCH3 is 2. The molecule has 2 aromatic rings. The molecular weight excluding hydrogens is 610 g/mol. The summed E-state index contributed by atoms with van der Waals surface area (Å²) >= 11 is 0. The molecule has 3 aliphatic heterocycles. The molecule has 1 N–H and O–H groups in total. The number of amides is 2. The van der Waals surface area contributed by atoms with E-state index >= 15 is 4.39 Å². The predicted octanol–water partition coefficient (Wildman–Crippen LogP) is 5.87. The van der Waals surface area contributed by atoms with Crippen LogP contribution in [0, 0.1) is 5.82 Å². The summed E-state index contributed by atoms with van der Waals surface area (Å²) in [7, 11) is 3.14. The number of benzene rings is 2. The Morgan fingerprint density at radius 3 is 2.60 bits per heavy atom. The quantitative estimate of drug-likeness (QED) is 0.323. The monoisotopic (exact) mass is 644 g/mol. The van der Waals surface area contributed by atoms with Gasteiger partial charge in [-0.05, 0) is 60.9 Å². The van der Waals surface area contributed by atoms with Crippen molar-refractivity contribution in [2.75, 3.05) is 39.2 Å². The van der Waals surface area contributed by atoms with Gasteiger partial charge < -0.3 is 29.2 Å². The van der Waals surface area contributed by atoms with E-state index in [0.29, 0.717) is 48.0 Å². The van der Waals surface area contributed by atoms with Gasteiger partial charge in [0, 0.05) is 49.5 Å². The van der Waals surface area contributed by atoms with Gasteiger partial charge in [0.25, 0.3) is 11.8 Å². The largest absolute Gasteiger partial charge is 0.497 e. The summed E-state index contributed by atoms with van der Waals surface area (Å²) in [5.74, 6) is -0.261. The second-order valence-electron chi connectivity index (χ2n) is 10.9. The molecule has 0 spiro atoms. The minimum absolute atomic E-state index is 0.0631. The van der Waals surface area contributed by atoms with Gasteiger partial charge in [-0.1, -0.05) is 12.1 Å². The maximum Gasteiger partial charge on any atom is 0.267 e. The van der Waals surface area contributed by atoms with E-state index in [1.165, 1.54) is 29.2 Å². The average Bonchev–Trinajstić information content (AvgIpc) is 3.52. The number of carbonyl (C=O) groups is 2. The first-order chi connectivity index (χ1) is 22.8. The van der Waals surface area contributed by atoms with Crippen LogP contribution in [0.3, 0.4) is 0 Å². The zero-order chi connectivity index (χ0) is 33.1. The summed E-state index contributed by atoms with van der Waals surface area (Å²) in [6.45, 7) is 2.91. The normalized spacial score (nSPS) is 19.0. The number of alkyl halides is 1. The summed E-state index contributed by atoms with van der Waals surface area (Å²) in [4.78, 5) is 28.3. The van der Waals surface area contributed by atoms with Gasteiger partial charge in [-0.3, -0.25) is 14.6 Å². The number of hydrogen-bond acceptors (Lipinski definition) is 8. The molecule has 0 fully saturated rings. The molecule has 3 heterocycles. The Hall–Kier alpha value is -5.39. The van der Waals surface area contributed by atoms with Crippen molar-refractivity contribution in [3.8, 4) is 17.2 Å². The van der Waals surface area contributed by atoms with Gasteiger partial charge in [0.2, 0.25) is 0 Å². The molecule has 0 aromatic heterocycles. The third-order valence-corrected chi connectivity index (χ3v) is 8.11. The van der Waals surface area contributed by atoms with E-state index < -0.39 is 23.8 Å². The molecule has 47 heavy (non-hydrogen) atoms. The lowest BCUT2D eigenvalue weighted by atomic mass is 10.0. The number of allylic oxidation sites excluding steroid dienone is 4. The first-order valence-electron chi connectivity index (χ1n) is 15.3. The molecule has 1 aliphatic carbocycles. The topological polar surface area (TPSA) is 102 Å². The van der Waals surface area contributed by atoms with E-state index in [9.17, 15) is 14.0 Å². The number of fused-ring (bicyclic) bond motifs is 1. The molecule has 6 rings (SSSR count). The van der Waals surface area contributed by atoms with Gasteiger partial charge in [-0.2, -0.15) is 5.10 Å². The van der Waals surface area contributed by atoms with Crippen molar-refractivity contribution in [1.82, 2.24) is 9.91 Å². The predicted molar refractivity (Wildman–Crippen MR) is 172 cm³/mol. The number of nitrogens with one attached hydrogen (secondary N) is 1. The SMILES string of the molecule is CCOC1=C(C(=O)Nc2ccc(OC3=CC=NN4CCC(c5ccc(OC)c(OC)c5)=C34)c(F)c2)C(=O)N(C2=CCC(F)C=C2)CC1. The maximum absolute atomic E-state index is 15.5. The number of rotatable bonds is 10.